The maximum Gasteiger partial charge on any atom is 0.278 e. The Morgan fingerprint density at radius 3 is 2.65 bits per heavy atom. The van der Waals surface area contributed by atoms with Crippen molar-refractivity contribution >= 4 is 10.9 Å². The molecule has 0 unspecified atom stereocenters. The van der Waals surface area contributed by atoms with Crippen LogP contribution in [0.2, 0.25) is 0 Å². The Morgan fingerprint density at radius 2 is 1.87 bits per heavy atom. The largest absolute Gasteiger partial charge is 0.486 e. The predicted octanol–water partition coefficient (Wildman–Crippen LogP) is 1.92. The zero-order valence-electron chi connectivity index (χ0n) is 12.7. The minimum absolute atomic E-state index is 0.185. The molecule has 0 fully saturated rings. The maximum atomic E-state index is 12.7. The molecule has 0 radical (unpaired) electrons. The summed E-state index contributed by atoms with van der Waals surface area (Å²) in [5, 5.41) is 8.69. The first-order valence-corrected chi connectivity index (χ1v) is 7.44. The molecule has 116 valence electrons. The van der Waals surface area contributed by atoms with Gasteiger partial charge in [-0.3, -0.25) is 4.79 Å². The van der Waals surface area contributed by atoms with Gasteiger partial charge in [0.25, 0.3) is 5.56 Å². The van der Waals surface area contributed by atoms with E-state index in [1.807, 2.05) is 31.2 Å². The van der Waals surface area contributed by atoms with Crippen LogP contribution in [0.1, 0.15) is 11.1 Å². The fraction of sp³-hybridized carbons (Fsp3) is 0.235. The number of fused-ring (bicyclic) bond motifs is 2. The number of ether oxygens (including phenoxy) is 2. The third kappa shape index (κ3) is 2.42. The molecule has 6 heteroatoms. The van der Waals surface area contributed by atoms with Crippen molar-refractivity contribution in [2.24, 2.45) is 0 Å². The first-order valence-electron chi connectivity index (χ1n) is 7.44. The quantitative estimate of drug-likeness (QED) is 0.723. The van der Waals surface area contributed by atoms with Crippen molar-refractivity contribution in [1.82, 2.24) is 15.0 Å². The Bertz CT molecular complexity index is 949. The molecule has 4 rings (SSSR count). The highest BCUT2D eigenvalue weighted by Gasteiger charge is 2.16. The van der Waals surface area contributed by atoms with Gasteiger partial charge in [-0.1, -0.05) is 29.5 Å². The summed E-state index contributed by atoms with van der Waals surface area (Å²) in [6.45, 7) is 3.38. The van der Waals surface area contributed by atoms with Gasteiger partial charge in [-0.25, -0.2) is 4.68 Å². The molecule has 1 aromatic heterocycles. The Morgan fingerprint density at radius 1 is 1.13 bits per heavy atom. The summed E-state index contributed by atoms with van der Waals surface area (Å²) in [6.07, 6.45) is 0. The van der Waals surface area contributed by atoms with Crippen molar-refractivity contribution in [2.45, 2.75) is 13.5 Å². The third-order valence-electron chi connectivity index (χ3n) is 3.97. The summed E-state index contributed by atoms with van der Waals surface area (Å²) < 4.78 is 12.4. The lowest BCUT2D eigenvalue weighted by atomic mass is 10.1. The maximum absolute atomic E-state index is 12.7. The van der Waals surface area contributed by atoms with Gasteiger partial charge in [0.1, 0.15) is 18.7 Å². The molecule has 23 heavy (non-hydrogen) atoms. The minimum Gasteiger partial charge on any atom is -0.486 e. The highest BCUT2D eigenvalue weighted by molar-refractivity contribution is 5.81. The van der Waals surface area contributed by atoms with Crippen LogP contribution >= 0.6 is 0 Å². The molecule has 0 saturated heterocycles. The normalized spacial score (nSPS) is 13.3. The van der Waals surface area contributed by atoms with Gasteiger partial charge in [0.15, 0.2) is 11.5 Å². The van der Waals surface area contributed by atoms with Gasteiger partial charge < -0.3 is 9.47 Å². The molecule has 0 amide bonds. The summed E-state index contributed by atoms with van der Waals surface area (Å²) in [5.74, 6) is 1.19. The van der Waals surface area contributed by atoms with Crippen LogP contribution in [0.3, 0.4) is 0 Å². The van der Waals surface area contributed by atoms with Crippen LogP contribution in [-0.4, -0.2) is 28.2 Å². The van der Waals surface area contributed by atoms with Gasteiger partial charge in [-0.2, -0.15) is 0 Å². The van der Waals surface area contributed by atoms with Gasteiger partial charge in [-0.05, 0) is 24.1 Å². The van der Waals surface area contributed by atoms with Crippen molar-refractivity contribution in [2.75, 3.05) is 13.2 Å². The number of benzene rings is 2. The second kappa shape index (κ2) is 5.39. The third-order valence-corrected chi connectivity index (χ3v) is 3.97. The van der Waals surface area contributed by atoms with E-state index in [-0.39, 0.29) is 5.56 Å². The molecule has 0 saturated carbocycles. The molecule has 1 aliphatic rings. The van der Waals surface area contributed by atoms with E-state index in [9.17, 15) is 4.79 Å². The Hall–Kier alpha value is -2.89. The van der Waals surface area contributed by atoms with E-state index in [4.69, 9.17) is 9.47 Å². The number of aromatic nitrogens is 3. The lowest BCUT2D eigenvalue weighted by molar-refractivity contribution is 0.172. The molecule has 2 aromatic carbocycles. The highest BCUT2D eigenvalue weighted by Crippen LogP contribution is 2.32. The van der Waals surface area contributed by atoms with Gasteiger partial charge in [0, 0.05) is 6.07 Å². The number of hydrogen-bond acceptors (Lipinski definition) is 5. The summed E-state index contributed by atoms with van der Waals surface area (Å²) in [5.41, 5.74) is 2.49. The van der Waals surface area contributed by atoms with Crippen LogP contribution in [0.15, 0.2) is 41.2 Å². The topological polar surface area (TPSA) is 66.2 Å². The molecule has 0 aliphatic carbocycles. The van der Waals surface area contributed by atoms with Crippen LogP contribution in [0, 0.1) is 6.92 Å². The minimum atomic E-state index is -0.185. The molecule has 0 spiro atoms. The molecule has 0 N–H and O–H groups in total. The fourth-order valence-electron chi connectivity index (χ4n) is 2.67. The lowest BCUT2D eigenvalue weighted by Crippen LogP contribution is -2.25. The van der Waals surface area contributed by atoms with Crippen LogP contribution in [0.4, 0.5) is 0 Å². The van der Waals surface area contributed by atoms with Crippen LogP contribution in [-0.2, 0) is 6.54 Å². The molecule has 0 bridgehead atoms. The molecule has 6 nitrogen and oxygen atoms in total. The SMILES string of the molecule is Cc1ccccc1Cn1nnc2cc3c(cc2c1=O)OCCO3. The number of hydrogen-bond donors (Lipinski definition) is 0. The van der Waals surface area contributed by atoms with Crippen molar-refractivity contribution in [3.05, 3.63) is 57.9 Å². The van der Waals surface area contributed by atoms with Crippen molar-refractivity contribution in [1.29, 1.82) is 0 Å². The molecule has 2 heterocycles. The number of aryl methyl sites for hydroxylation is 1. The highest BCUT2D eigenvalue weighted by atomic mass is 16.6. The Balaban J connectivity index is 1.81. The smallest absolute Gasteiger partial charge is 0.278 e. The zero-order valence-corrected chi connectivity index (χ0v) is 12.7. The van der Waals surface area contributed by atoms with Crippen molar-refractivity contribution in [3.8, 4) is 11.5 Å². The van der Waals surface area contributed by atoms with E-state index in [1.54, 1.807) is 12.1 Å². The van der Waals surface area contributed by atoms with E-state index < -0.39 is 0 Å². The van der Waals surface area contributed by atoms with Gasteiger partial charge in [0.2, 0.25) is 0 Å². The first-order chi connectivity index (χ1) is 11.2. The molecule has 0 atom stereocenters. The van der Waals surface area contributed by atoms with Crippen LogP contribution in [0.25, 0.3) is 10.9 Å². The molecule has 3 aromatic rings. The van der Waals surface area contributed by atoms with E-state index in [1.165, 1.54) is 4.68 Å². The predicted molar refractivity (Wildman–Crippen MR) is 85.1 cm³/mol. The van der Waals surface area contributed by atoms with Crippen LogP contribution in [0.5, 0.6) is 11.5 Å². The second-order valence-corrected chi connectivity index (χ2v) is 5.49. The Labute approximate surface area is 132 Å². The van der Waals surface area contributed by atoms with Crippen LogP contribution < -0.4 is 15.0 Å². The van der Waals surface area contributed by atoms with Crippen molar-refractivity contribution in [3.63, 3.8) is 0 Å². The van der Waals surface area contributed by atoms with Gasteiger partial charge in [0.05, 0.1) is 11.9 Å². The summed E-state index contributed by atoms with van der Waals surface area (Å²) in [7, 11) is 0. The van der Waals surface area contributed by atoms with E-state index >= 15 is 0 Å². The monoisotopic (exact) mass is 309 g/mol. The van der Waals surface area contributed by atoms with E-state index in [0.717, 1.165) is 11.1 Å². The molecular formula is C17H15N3O3. The molecule has 1 aliphatic heterocycles. The number of nitrogens with zero attached hydrogens (tertiary/aromatic N) is 3. The van der Waals surface area contributed by atoms with E-state index in [0.29, 0.717) is 42.2 Å². The fourth-order valence-corrected chi connectivity index (χ4v) is 2.67. The average molecular weight is 309 g/mol. The average Bonchev–Trinajstić information content (AvgIpc) is 2.58. The Kier molecular flexibility index (Phi) is 3.22. The summed E-state index contributed by atoms with van der Waals surface area (Å²) >= 11 is 0. The van der Waals surface area contributed by atoms with Gasteiger partial charge in [-0.15, -0.1) is 5.10 Å². The lowest BCUT2D eigenvalue weighted by Gasteiger charge is -2.18. The summed E-state index contributed by atoms with van der Waals surface area (Å²) in [4.78, 5) is 12.7. The first kappa shape index (κ1) is 13.8. The standard InChI is InChI=1S/C17H15N3O3/c1-11-4-2-3-5-12(11)10-20-17(21)13-8-15-16(23-7-6-22-15)9-14(13)18-19-20/h2-5,8-9H,6-7,10H2,1H3. The molecular weight excluding hydrogens is 294 g/mol. The summed E-state index contributed by atoms with van der Waals surface area (Å²) in [6, 6.07) is 11.3. The van der Waals surface area contributed by atoms with E-state index in [2.05, 4.69) is 10.3 Å². The van der Waals surface area contributed by atoms with Gasteiger partial charge >= 0.3 is 0 Å². The zero-order chi connectivity index (χ0) is 15.8. The second-order valence-electron chi connectivity index (χ2n) is 5.49. The number of rotatable bonds is 2. The van der Waals surface area contributed by atoms with Crippen molar-refractivity contribution < 1.29 is 9.47 Å².